The van der Waals surface area contributed by atoms with Crippen LogP contribution in [0.15, 0.2) is 28.8 Å². The Hall–Kier alpha value is -1.08. The Morgan fingerprint density at radius 2 is 2.16 bits per heavy atom. The fraction of sp³-hybridized carbons (Fsp3) is 0.231. The fourth-order valence-corrected chi connectivity index (χ4v) is 1.96. The lowest BCUT2D eigenvalue weighted by molar-refractivity contribution is 0.102. The molecule has 1 aromatic carbocycles. The Kier molecular flexibility index (Phi) is 4.46. The highest BCUT2D eigenvalue weighted by molar-refractivity contribution is 14.1. The van der Waals surface area contributed by atoms with Crippen LogP contribution < -0.4 is 5.32 Å². The molecule has 2 rings (SSSR count). The molecule has 1 heterocycles. The van der Waals surface area contributed by atoms with E-state index in [1.165, 1.54) is 0 Å². The van der Waals surface area contributed by atoms with Gasteiger partial charge in [0.2, 0.25) is 5.88 Å². The van der Waals surface area contributed by atoms with Gasteiger partial charge in [-0.25, -0.2) is 0 Å². The molecule has 4 nitrogen and oxygen atoms in total. The van der Waals surface area contributed by atoms with E-state index >= 15 is 0 Å². The van der Waals surface area contributed by atoms with Crippen molar-refractivity contribution in [1.29, 1.82) is 0 Å². The van der Waals surface area contributed by atoms with Crippen molar-refractivity contribution in [3.8, 4) is 0 Å². The van der Waals surface area contributed by atoms with Crippen LogP contribution in [0.1, 0.15) is 35.8 Å². The van der Waals surface area contributed by atoms with Crippen LogP contribution in [0.4, 0.5) is 5.88 Å². The monoisotopic (exact) mass is 390 g/mol. The zero-order valence-corrected chi connectivity index (χ0v) is 13.3. The van der Waals surface area contributed by atoms with E-state index in [4.69, 9.17) is 16.1 Å². The van der Waals surface area contributed by atoms with Crippen molar-refractivity contribution >= 4 is 46.0 Å². The molecule has 0 radical (unpaired) electrons. The molecule has 1 N–H and O–H groups in total. The largest absolute Gasteiger partial charge is 0.338 e. The Bertz CT molecular complexity index is 610. The summed E-state index contributed by atoms with van der Waals surface area (Å²) in [7, 11) is 0. The molecule has 0 bridgehead atoms. The highest BCUT2D eigenvalue weighted by atomic mass is 127. The van der Waals surface area contributed by atoms with Crippen LogP contribution in [0, 0.1) is 3.57 Å². The number of hydrogen-bond acceptors (Lipinski definition) is 3. The minimum absolute atomic E-state index is 0.252. The normalized spacial score (nSPS) is 10.8. The number of benzene rings is 1. The van der Waals surface area contributed by atoms with Gasteiger partial charge in [0, 0.05) is 15.2 Å². The van der Waals surface area contributed by atoms with Crippen molar-refractivity contribution in [2.75, 3.05) is 5.32 Å². The van der Waals surface area contributed by atoms with E-state index < -0.39 is 0 Å². The molecule has 2 aromatic rings. The minimum Gasteiger partial charge on any atom is -0.338 e. The predicted octanol–water partition coefficient (Wildman–Crippen LogP) is 4.31. The Labute approximate surface area is 129 Å². The summed E-state index contributed by atoms with van der Waals surface area (Å²) in [5.41, 5.74) is 1.28. The van der Waals surface area contributed by atoms with Crippen LogP contribution in [-0.4, -0.2) is 11.1 Å². The minimum atomic E-state index is -0.273. The highest BCUT2D eigenvalue weighted by Crippen LogP contribution is 2.21. The van der Waals surface area contributed by atoms with E-state index in [9.17, 15) is 4.79 Å². The van der Waals surface area contributed by atoms with Crippen LogP contribution in [0.25, 0.3) is 0 Å². The average Bonchev–Trinajstić information content (AvgIpc) is 2.81. The first-order valence-corrected chi connectivity index (χ1v) is 7.16. The standard InChI is InChI=1S/C13H12ClIN2O2/c1-7(2)11-6-12(19-17-11)16-13(18)8-3-4-10(15)9(14)5-8/h3-7H,1-2H3,(H,16,18). The molecule has 0 atom stereocenters. The summed E-state index contributed by atoms with van der Waals surface area (Å²) in [5, 5.41) is 7.08. The first-order valence-electron chi connectivity index (χ1n) is 5.70. The summed E-state index contributed by atoms with van der Waals surface area (Å²) in [6.45, 7) is 4.00. The van der Waals surface area contributed by atoms with E-state index in [1.54, 1.807) is 24.3 Å². The van der Waals surface area contributed by atoms with Crippen molar-refractivity contribution in [3.63, 3.8) is 0 Å². The number of nitrogens with zero attached hydrogens (tertiary/aromatic N) is 1. The fourth-order valence-electron chi connectivity index (χ4n) is 1.44. The van der Waals surface area contributed by atoms with Crippen molar-refractivity contribution < 1.29 is 9.32 Å². The van der Waals surface area contributed by atoms with Gasteiger partial charge >= 0.3 is 0 Å². The van der Waals surface area contributed by atoms with Gasteiger partial charge in [0.25, 0.3) is 5.91 Å². The number of hydrogen-bond donors (Lipinski definition) is 1. The number of aromatic nitrogens is 1. The summed E-state index contributed by atoms with van der Waals surface area (Å²) in [6, 6.07) is 6.84. The number of carbonyl (C=O) groups is 1. The van der Waals surface area contributed by atoms with Crippen LogP contribution in [0.2, 0.25) is 5.02 Å². The zero-order chi connectivity index (χ0) is 14.0. The van der Waals surface area contributed by atoms with Crippen molar-refractivity contribution in [2.45, 2.75) is 19.8 Å². The lowest BCUT2D eigenvalue weighted by Crippen LogP contribution is -2.11. The van der Waals surface area contributed by atoms with Gasteiger partial charge in [0.15, 0.2) is 0 Å². The van der Waals surface area contributed by atoms with Crippen LogP contribution in [-0.2, 0) is 0 Å². The van der Waals surface area contributed by atoms with E-state index in [0.29, 0.717) is 16.5 Å². The number of nitrogens with one attached hydrogen (secondary N) is 1. The molecule has 0 unspecified atom stereocenters. The lowest BCUT2D eigenvalue weighted by atomic mass is 10.1. The predicted molar refractivity (Wildman–Crippen MR) is 82.7 cm³/mol. The molecule has 1 aromatic heterocycles. The molecule has 0 aliphatic carbocycles. The topological polar surface area (TPSA) is 55.1 Å². The molecular weight excluding hydrogens is 379 g/mol. The van der Waals surface area contributed by atoms with Gasteiger partial charge in [0.05, 0.1) is 10.7 Å². The maximum absolute atomic E-state index is 12.0. The Balaban J connectivity index is 2.13. The van der Waals surface area contributed by atoms with E-state index in [1.807, 2.05) is 13.8 Å². The first kappa shape index (κ1) is 14.3. The summed E-state index contributed by atoms with van der Waals surface area (Å²) < 4.78 is 5.96. The number of carbonyl (C=O) groups excluding carboxylic acids is 1. The van der Waals surface area contributed by atoms with Crippen molar-refractivity contribution in [3.05, 3.63) is 44.1 Å². The summed E-state index contributed by atoms with van der Waals surface area (Å²) in [6.07, 6.45) is 0. The van der Waals surface area contributed by atoms with Crippen LogP contribution in [0.5, 0.6) is 0 Å². The molecular formula is C13H12ClIN2O2. The maximum atomic E-state index is 12.0. The van der Waals surface area contributed by atoms with Gasteiger partial charge in [-0.2, -0.15) is 0 Å². The highest BCUT2D eigenvalue weighted by Gasteiger charge is 2.12. The quantitative estimate of drug-likeness (QED) is 0.795. The van der Waals surface area contributed by atoms with Gasteiger partial charge in [-0.05, 0) is 46.7 Å². The SMILES string of the molecule is CC(C)c1cc(NC(=O)c2ccc(I)c(Cl)c2)on1. The number of halogens is 2. The van der Waals surface area contributed by atoms with Gasteiger partial charge in [0.1, 0.15) is 0 Å². The average molecular weight is 391 g/mol. The van der Waals surface area contributed by atoms with E-state index in [0.717, 1.165) is 9.26 Å². The lowest BCUT2D eigenvalue weighted by Gasteiger charge is -2.02. The molecule has 1 amide bonds. The summed E-state index contributed by atoms with van der Waals surface area (Å²) in [4.78, 5) is 12.0. The van der Waals surface area contributed by atoms with E-state index in [2.05, 4.69) is 33.1 Å². The van der Waals surface area contributed by atoms with Gasteiger partial charge in [-0.3, -0.25) is 10.1 Å². The Morgan fingerprint density at radius 3 is 2.74 bits per heavy atom. The number of amides is 1. The second-order valence-corrected chi connectivity index (χ2v) is 5.92. The third-order valence-electron chi connectivity index (χ3n) is 2.54. The molecule has 100 valence electrons. The molecule has 19 heavy (non-hydrogen) atoms. The first-order chi connectivity index (χ1) is 8.97. The second kappa shape index (κ2) is 5.92. The molecule has 0 saturated heterocycles. The van der Waals surface area contributed by atoms with Crippen molar-refractivity contribution in [1.82, 2.24) is 5.16 Å². The maximum Gasteiger partial charge on any atom is 0.258 e. The Morgan fingerprint density at radius 1 is 1.42 bits per heavy atom. The van der Waals surface area contributed by atoms with Crippen molar-refractivity contribution in [2.24, 2.45) is 0 Å². The zero-order valence-electron chi connectivity index (χ0n) is 10.4. The summed E-state index contributed by atoms with van der Waals surface area (Å²) in [5.74, 6) is 0.315. The van der Waals surface area contributed by atoms with Gasteiger partial charge < -0.3 is 4.52 Å². The molecule has 6 heteroatoms. The van der Waals surface area contributed by atoms with Crippen LogP contribution >= 0.6 is 34.2 Å². The van der Waals surface area contributed by atoms with Crippen LogP contribution in [0.3, 0.4) is 0 Å². The molecule has 0 saturated carbocycles. The number of anilines is 1. The molecule has 0 spiro atoms. The third-order valence-corrected chi connectivity index (χ3v) is 4.11. The second-order valence-electron chi connectivity index (χ2n) is 4.35. The smallest absolute Gasteiger partial charge is 0.258 e. The molecule has 0 aliphatic rings. The molecule has 0 aliphatic heterocycles. The molecule has 0 fully saturated rings. The van der Waals surface area contributed by atoms with Gasteiger partial charge in [-0.15, -0.1) is 0 Å². The van der Waals surface area contributed by atoms with Gasteiger partial charge in [-0.1, -0.05) is 30.6 Å². The van der Waals surface area contributed by atoms with E-state index in [-0.39, 0.29) is 11.8 Å². The summed E-state index contributed by atoms with van der Waals surface area (Å²) >= 11 is 8.09. The number of rotatable bonds is 3. The third kappa shape index (κ3) is 3.48.